The van der Waals surface area contributed by atoms with Gasteiger partial charge in [0.1, 0.15) is 0 Å². The van der Waals surface area contributed by atoms with Crippen molar-refractivity contribution in [2.45, 2.75) is 50.7 Å². The summed E-state index contributed by atoms with van der Waals surface area (Å²) in [6.45, 7) is -0.207. The Kier molecular flexibility index (Phi) is 7.64. The predicted octanol–water partition coefficient (Wildman–Crippen LogP) is 0.912. The van der Waals surface area contributed by atoms with Crippen molar-refractivity contribution in [3.63, 3.8) is 0 Å². The fraction of sp³-hybridized carbons (Fsp3) is 0.917. The molecular weight excluding hydrogens is 238 g/mol. The minimum absolute atomic E-state index is 0.114. The van der Waals surface area contributed by atoms with Crippen molar-refractivity contribution in [2.75, 3.05) is 18.1 Å². The van der Waals surface area contributed by atoms with Gasteiger partial charge in [0.05, 0.1) is 12.7 Å². The van der Waals surface area contributed by atoms with E-state index in [1.165, 1.54) is 31.0 Å². The van der Waals surface area contributed by atoms with Crippen LogP contribution in [0.2, 0.25) is 0 Å². The zero-order valence-corrected chi connectivity index (χ0v) is 11.0. The van der Waals surface area contributed by atoms with Crippen molar-refractivity contribution in [2.24, 2.45) is 0 Å². The SMILES string of the molecule is O=C(CCSCC(O)CO)NC1CCCCC1. The molecule has 1 rings (SSSR count). The van der Waals surface area contributed by atoms with E-state index in [1.807, 2.05) is 0 Å². The summed E-state index contributed by atoms with van der Waals surface area (Å²) in [7, 11) is 0. The number of nitrogens with one attached hydrogen (secondary N) is 1. The molecule has 4 nitrogen and oxygen atoms in total. The van der Waals surface area contributed by atoms with E-state index >= 15 is 0 Å². The highest BCUT2D eigenvalue weighted by Crippen LogP contribution is 2.17. The van der Waals surface area contributed by atoms with Gasteiger partial charge in [-0.2, -0.15) is 11.8 Å². The molecule has 0 aliphatic heterocycles. The number of carbonyl (C=O) groups excluding carboxylic acids is 1. The third-order valence-corrected chi connectivity index (χ3v) is 4.08. The van der Waals surface area contributed by atoms with Crippen LogP contribution in [0.1, 0.15) is 38.5 Å². The van der Waals surface area contributed by atoms with Crippen molar-refractivity contribution in [1.82, 2.24) is 5.32 Å². The number of aliphatic hydroxyl groups is 2. The molecule has 0 bridgehead atoms. The molecule has 1 aliphatic carbocycles. The van der Waals surface area contributed by atoms with Gasteiger partial charge in [-0.3, -0.25) is 4.79 Å². The molecule has 17 heavy (non-hydrogen) atoms. The van der Waals surface area contributed by atoms with E-state index in [-0.39, 0.29) is 12.5 Å². The molecule has 1 amide bonds. The van der Waals surface area contributed by atoms with E-state index in [9.17, 15) is 4.79 Å². The van der Waals surface area contributed by atoms with Gasteiger partial charge < -0.3 is 15.5 Å². The zero-order valence-electron chi connectivity index (χ0n) is 10.2. The monoisotopic (exact) mass is 261 g/mol. The Labute approximate surface area is 107 Å². The molecule has 1 fully saturated rings. The standard InChI is InChI=1S/C12H23NO3S/c14-8-11(15)9-17-7-6-12(16)13-10-4-2-1-3-5-10/h10-11,14-15H,1-9H2,(H,13,16). The first-order valence-corrected chi connectivity index (χ1v) is 7.54. The van der Waals surface area contributed by atoms with Crippen LogP contribution in [0.5, 0.6) is 0 Å². The Bertz CT molecular complexity index is 220. The molecule has 1 unspecified atom stereocenters. The van der Waals surface area contributed by atoms with E-state index in [0.717, 1.165) is 12.8 Å². The van der Waals surface area contributed by atoms with Crippen LogP contribution in [-0.2, 0) is 4.79 Å². The lowest BCUT2D eigenvalue weighted by Crippen LogP contribution is -2.36. The molecule has 5 heteroatoms. The van der Waals surface area contributed by atoms with Gasteiger partial charge in [0.25, 0.3) is 0 Å². The molecular formula is C12H23NO3S. The summed E-state index contributed by atoms with van der Waals surface area (Å²) in [5.41, 5.74) is 0. The summed E-state index contributed by atoms with van der Waals surface area (Å²) in [5, 5.41) is 20.8. The molecule has 0 saturated heterocycles. The molecule has 0 radical (unpaired) electrons. The molecule has 100 valence electrons. The van der Waals surface area contributed by atoms with Crippen molar-refractivity contribution in [1.29, 1.82) is 0 Å². The highest BCUT2D eigenvalue weighted by atomic mass is 32.2. The summed E-state index contributed by atoms with van der Waals surface area (Å²) in [6.07, 6.45) is 5.80. The zero-order chi connectivity index (χ0) is 12.5. The smallest absolute Gasteiger partial charge is 0.221 e. The summed E-state index contributed by atoms with van der Waals surface area (Å²) in [6, 6.07) is 0.379. The predicted molar refractivity (Wildman–Crippen MR) is 70.1 cm³/mol. The second-order valence-electron chi connectivity index (χ2n) is 4.56. The summed E-state index contributed by atoms with van der Waals surface area (Å²) in [5.74, 6) is 1.31. The van der Waals surface area contributed by atoms with Crippen LogP contribution in [0.3, 0.4) is 0 Å². The molecule has 3 N–H and O–H groups in total. The van der Waals surface area contributed by atoms with Gasteiger partial charge in [0.15, 0.2) is 0 Å². The fourth-order valence-electron chi connectivity index (χ4n) is 1.98. The van der Waals surface area contributed by atoms with Gasteiger partial charge in [-0.15, -0.1) is 0 Å². The molecule has 0 aromatic carbocycles. The number of aliphatic hydroxyl groups excluding tert-OH is 2. The number of hydrogen-bond donors (Lipinski definition) is 3. The Hall–Kier alpha value is -0.260. The molecule has 1 aliphatic rings. The second-order valence-corrected chi connectivity index (χ2v) is 5.71. The van der Waals surface area contributed by atoms with Crippen molar-refractivity contribution in [3.8, 4) is 0 Å². The Morgan fingerprint density at radius 2 is 2.06 bits per heavy atom. The maximum absolute atomic E-state index is 11.6. The third-order valence-electron chi connectivity index (χ3n) is 2.96. The third kappa shape index (κ3) is 6.91. The minimum atomic E-state index is -0.665. The highest BCUT2D eigenvalue weighted by molar-refractivity contribution is 7.99. The van der Waals surface area contributed by atoms with E-state index < -0.39 is 6.10 Å². The number of thioether (sulfide) groups is 1. The van der Waals surface area contributed by atoms with Gasteiger partial charge >= 0.3 is 0 Å². The van der Waals surface area contributed by atoms with E-state index in [4.69, 9.17) is 10.2 Å². The molecule has 0 spiro atoms. The number of hydrogen-bond acceptors (Lipinski definition) is 4. The maximum Gasteiger partial charge on any atom is 0.221 e. The molecule has 0 heterocycles. The summed E-state index contributed by atoms with van der Waals surface area (Å²) >= 11 is 1.51. The van der Waals surface area contributed by atoms with Crippen LogP contribution in [-0.4, -0.2) is 46.4 Å². The van der Waals surface area contributed by atoms with Crippen LogP contribution >= 0.6 is 11.8 Å². The maximum atomic E-state index is 11.6. The largest absolute Gasteiger partial charge is 0.394 e. The van der Waals surface area contributed by atoms with Gasteiger partial charge in [-0.05, 0) is 12.8 Å². The number of carbonyl (C=O) groups is 1. The normalized spacial score (nSPS) is 18.9. The Morgan fingerprint density at radius 1 is 1.35 bits per heavy atom. The van der Waals surface area contributed by atoms with E-state index in [2.05, 4.69) is 5.32 Å². The highest BCUT2D eigenvalue weighted by Gasteiger charge is 2.15. The summed E-state index contributed by atoms with van der Waals surface area (Å²) in [4.78, 5) is 11.6. The topological polar surface area (TPSA) is 69.6 Å². The van der Waals surface area contributed by atoms with Crippen LogP contribution in [0.4, 0.5) is 0 Å². The lowest BCUT2D eigenvalue weighted by Gasteiger charge is -2.22. The molecule has 1 saturated carbocycles. The van der Waals surface area contributed by atoms with Crippen LogP contribution in [0.25, 0.3) is 0 Å². The van der Waals surface area contributed by atoms with Gasteiger partial charge in [0, 0.05) is 24.0 Å². The van der Waals surface area contributed by atoms with Gasteiger partial charge in [-0.1, -0.05) is 19.3 Å². The Morgan fingerprint density at radius 3 is 2.71 bits per heavy atom. The lowest BCUT2D eigenvalue weighted by molar-refractivity contribution is -0.121. The number of rotatable bonds is 7. The van der Waals surface area contributed by atoms with Crippen LogP contribution < -0.4 is 5.32 Å². The second kappa shape index (κ2) is 8.78. The van der Waals surface area contributed by atoms with E-state index in [0.29, 0.717) is 24.0 Å². The van der Waals surface area contributed by atoms with Gasteiger partial charge in [0.2, 0.25) is 5.91 Å². The van der Waals surface area contributed by atoms with Crippen LogP contribution in [0, 0.1) is 0 Å². The first-order valence-electron chi connectivity index (χ1n) is 6.38. The first kappa shape index (κ1) is 14.8. The average Bonchev–Trinajstić information content (AvgIpc) is 2.35. The molecule has 0 aromatic rings. The van der Waals surface area contributed by atoms with Crippen LogP contribution in [0.15, 0.2) is 0 Å². The Balaban J connectivity index is 2.00. The number of amides is 1. The first-order chi connectivity index (χ1) is 8.22. The van der Waals surface area contributed by atoms with Crippen molar-refractivity contribution < 1.29 is 15.0 Å². The quantitative estimate of drug-likeness (QED) is 0.596. The average molecular weight is 261 g/mol. The lowest BCUT2D eigenvalue weighted by atomic mass is 9.95. The minimum Gasteiger partial charge on any atom is -0.394 e. The van der Waals surface area contributed by atoms with Crippen molar-refractivity contribution >= 4 is 17.7 Å². The molecule has 1 atom stereocenters. The van der Waals surface area contributed by atoms with Crippen molar-refractivity contribution in [3.05, 3.63) is 0 Å². The van der Waals surface area contributed by atoms with E-state index in [1.54, 1.807) is 0 Å². The molecule has 0 aromatic heterocycles. The van der Waals surface area contributed by atoms with Gasteiger partial charge in [-0.25, -0.2) is 0 Å². The fourth-order valence-corrected chi connectivity index (χ4v) is 2.86. The summed E-state index contributed by atoms with van der Waals surface area (Å²) < 4.78 is 0.